The minimum Gasteiger partial charge on any atom is -0.492 e. The Hall–Kier alpha value is -9.34. The second kappa shape index (κ2) is 31.5. The number of esters is 8. The Morgan fingerprint density at radius 1 is 0.479 bits per heavy atom. The summed E-state index contributed by atoms with van der Waals surface area (Å²) in [6.45, 7) is 8.48. The standard InChI is InChI=1S/C68H71Cl2N3O23/c1-34(74)85-32-55-61(87-36(3)76)63(89-38(5)78)65(91-40(7)80)67(95-55)93-53-26-50-59(48-15-11-9-13-46(48)53)44(28-69)30-72(50)57(82)21-18-42-17-19-43(52(25-42)84-24-23-71)20-22-58(83)73-31-45(29-70)60-49-16-12-10-14-47(49)54(27-51(60)73)94-68-66(92-41(8)81)64(90-39(6)79)62(88-37(4)77)56(96-68)33-86-35(2)75/h9-22,25-27,44-45,55-56,61-68H,23-24,28-33,71H2,1-8H3/b21-18+,22-20+/t44-,45-,55-,56-,61+,62+,63+,64+,65-,66-,67-,68-/m1/s1. The fourth-order valence-corrected chi connectivity index (χ4v) is 12.6. The lowest BCUT2D eigenvalue weighted by Gasteiger charge is -2.44. The van der Waals surface area contributed by atoms with Gasteiger partial charge in [-0.25, -0.2) is 0 Å². The Morgan fingerprint density at radius 2 is 0.865 bits per heavy atom. The van der Waals surface area contributed by atoms with Crippen molar-refractivity contribution >= 4 is 128 Å². The molecule has 26 nitrogen and oxygen atoms in total. The average molecular weight is 1370 g/mol. The molecule has 0 aromatic heterocycles. The summed E-state index contributed by atoms with van der Waals surface area (Å²) >= 11 is 13.3. The van der Waals surface area contributed by atoms with Crippen LogP contribution in [0.1, 0.15) is 89.5 Å². The van der Waals surface area contributed by atoms with Crippen LogP contribution in [0.4, 0.5) is 11.4 Å². The molecule has 2 saturated heterocycles. The fraction of sp³-hybridized carbons (Fsp3) is 0.412. The molecule has 96 heavy (non-hydrogen) atoms. The second-order valence-corrected chi connectivity index (χ2v) is 23.4. The van der Waals surface area contributed by atoms with E-state index < -0.39 is 134 Å². The number of halogens is 2. The van der Waals surface area contributed by atoms with Gasteiger partial charge >= 0.3 is 47.8 Å². The Balaban J connectivity index is 1.00. The first-order chi connectivity index (χ1) is 45.9. The molecule has 12 atom stereocenters. The number of nitrogens with two attached hydrogens (primary N) is 1. The maximum atomic E-state index is 14.7. The predicted molar refractivity (Wildman–Crippen MR) is 344 cm³/mol. The first-order valence-electron chi connectivity index (χ1n) is 30.5. The molecule has 2 N–H and O–H groups in total. The van der Waals surface area contributed by atoms with E-state index in [0.29, 0.717) is 49.8 Å². The van der Waals surface area contributed by atoms with Crippen LogP contribution in [0.2, 0.25) is 0 Å². The van der Waals surface area contributed by atoms with E-state index in [1.165, 1.54) is 22.0 Å². The van der Waals surface area contributed by atoms with E-state index in [2.05, 4.69) is 0 Å². The van der Waals surface area contributed by atoms with Gasteiger partial charge in [-0.3, -0.25) is 47.9 Å². The maximum absolute atomic E-state index is 14.7. The van der Waals surface area contributed by atoms with Gasteiger partial charge in [0.15, 0.2) is 24.4 Å². The molecule has 5 aromatic carbocycles. The number of ether oxygens (including phenoxy) is 13. The second-order valence-electron chi connectivity index (χ2n) is 22.8. The molecule has 0 saturated carbocycles. The maximum Gasteiger partial charge on any atom is 0.303 e. The van der Waals surface area contributed by atoms with Crippen LogP contribution in [0.5, 0.6) is 17.2 Å². The molecule has 5 aromatic rings. The van der Waals surface area contributed by atoms with Crippen molar-refractivity contribution in [1.82, 2.24) is 0 Å². The van der Waals surface area contributed by atoms with Gasteiger partial charge in [-0.1, -0.05) is 60.7 Å². The molecule has 0 bridgehead atoms. The summed E-state index contributed by atoms with van der Waals surface area (Å²) in [5.41, 5.74) is 9.21. The van der Waals surface area contributed by atoms with Crippen molar-refractivity contribution in [3.05, 3.63) is 113 Å². The number of fused-ring (bicyclic) bond motifs is 6. The van der Waals surface area contributed by atoms with Crippen molar-refractivity contribution in [2.45, 2.75) is 129 Å². The molecule has 2 fully saturated rings. The Bertz CT molecular complexity index is 3900. The van der Waals surface area contributed by atoms with Crippen LogP contribution in [-0.2, 0) is 95.3 Å². The zero-order chi connectivity index (χ0) is 69.2. The van der Waals surface area contributed by atoms with E-state index in [1.54, 1.807) is 78.9 Å². The highest BCUT2D eigenvalue weighted by molar-refractivity contribution is 6.20. The number of amides is 2. The van der Waals surface area contributed by atoms with Gasteiger partial charge in [0.1, 0.15) is 49.3 Å². The molecular weight excluding hydrogens is 1300 g/mol. The van der Waals surface area contributed by atoms with Crippen molar-refractivity contribution < 1.29 is 110 Å². The molecule has 0 unspecified atom stereocenters. The quantitative estimate of drug-likeness (QED) is 0.0297. The zero-order valence-corrected chi connectivity index (χ0v) is 55.0. The molecule has 4 heterocycles. The van der Waals surface area contributed by atoms with E-state index in [1.807, 2.05) is 12.1 Å². The largest absolute Gasteiger partial charge is 0.492 e. The zero-order valence-electron chi connectivity index (χ0n) is 53.5. The van der Waals surface area contributed by atoms with Gasteiger partial charge in [0.05, 0.1) is 11.4 Å². The van der Waals surface area contributed by atoms with Crippen LogP contribution in [-0.4, -0.2) is 172 Å². The van der Waals surface area contributed by atoms with Crippen LogP contribution in [0.25, 0.3) is 33.7 Å². The van der Waals surface area contributed by atoms with E-state index in [-0.39, 0.29) is 61.3 Å². The first kappa shape index (κ1) is 71.0. The Kier molecular flexibility index (Phi) is 23.3. The molecule has 510 valence electrons. The van der Waals surface area contributed by atoms with E-state index in [9.17, 15) is 47.9 Å². The van der Waals surface area contributed by atoms with Crippen LogP contribution in [0, 0.1) is 0 Å². The van der Waals surface area contributed by atoms with Gasteiger partial charge in [0.2, 0.25) is 24.8 Å². The summed E-state index contributed by atoms with van der Waals surface area (Å²) in [4.78, 5) is 132. The lowest BCUT2D eigenvalue weighted by atomic mass is 9.95. The van der Waals surface area contributed by atoms with E-state index in [4.69, 9.17) is 90.5 Å². The highest BCUT2D eigenvalue weighted by Crippen LogP contribution is 2.49. The van der Waals surface area contributed by atoms with E-state index >= 15 is 0 Å². The summed E-state index contributed by atoms with van der Waals surface area (Å²) in [5.74, 6) is -7.19. The number of anilines is 2. The number of hydrogen-bond donors (Lipinski definition) is 1. The lowest BCUT2D eigenvalue weighted by Crippen LogP contribution is -2.63. The van der Waals surface area contributed by atoms with Crippen molar-refractivity contribution in [2.75, 3.05) is 61.0 Å². The molecule has 0 spiro atoms. The average Bonchev–Trinajstić information content (AvgIpc) is 1.53. The van der Waals surface area contributed by atoms with E-state index in [0.717, 1.165) is 66.5 Å². The Labute approximate surface area is 560 Å². The highest BCUT2D eigenvalue weighted by Gasteiger charge is 2.55. The number of nitrogens with zero attached hydrogens (tertiary/aromatic N) is 2. The lowest BCUT2D eigenvalue weighted by molar-refractivity contribution is -0.288. The fourth-order valence-electron chi connectivity index (χ4n) is 12.1. The topological polar surface area (TPSA) is 323 Å². The van der Waals surface area contributed by atoms with Gasteiger partial charge in [0, 0.05) is 139 Å². The van der Waals surface area contributed by atoms with Crippen LogP contribution >= 0.6 is 23.2 Å². The summed E-state index contributed by atoms with van der Waals surface area (Å²) < 4.78 is 76.2. The summed E-state index contributed by atoms with van der Waals surface area (Å²) in [7, 11) is 0. The van der Waals surface area contributed by atoms with Crippen molar-refractivity contribution in [3.8, 4) is 17.2 Å². The highest BCUT2D eigenvalue weighted by atomic mass is 35.5. The number of rotatable bonds is 23. The molecule has 4 aliphatic heterocycles. The van der Waals surface area contributed by atoms with Gasteiger partial charge in [-0.15, -0.1) is 23.2 Å². The molecule has 4 aliphatic rings. The monoisotopic (exact) mass is 1370 g/mol. The van der Waals surface area contributed by atoms with Crippen molar-refractivity contribution in [2.24, 2.45) is 5.73 Å². The molecule has 28 heteroatoms. The number of carbonyl (C=O) groups excluding carboxylic acids is 10. The van der Waals surface area contributed by atoms with Gasteiger partial charge in [-0.05, 0) is 45.7 Å². The number of carbonyl (C=O) groups is 10. The molecular formula is C68H71Cl2N3O23. The van der Waals surface area contributed by atoms with Crippen molar-refractivity contribution in [1.29, 1.82) is 0 Å². The normalized spacial score (nSPS) is 23.5. The smallest absolute Gasteiger partial charge is 0.303 e. The van der Waals surface area contributed by atoms with Crippen LogP contribution < -0.4 is 29.7 Å². The third-order valence-corrected chi connectivity index (χ3v) is 16.5. The molecule has 0 aliphatic carbocycles. The number of benzene rings is 5. The minimum absolute atomic E-state index is 0.0769. The minimum atomic E-state index is -1.60. The Morgan fingerprint density at radius 3 is 1.25 bits per heavy atom. The summed E-state index contributed by atoms with van der Waals surface area (Å²) in [6, 6.07) is 22.6. The van der Waals surface area contributed by atoms with Crippen LogP contribution in [0.3, 0.4) is 0 Å². The van der Waals surface area contributed by atoms with Gasteiger partial charge in [-0.2, -0.15) is 0 Å². The first-order valence-corrected chi connectivity index (χ1v) is 31.6. The van der Waals surface area contributed by atoms with Crippen LogP contribution in [0.15, 0.2) is 91.0 Å². The predicted octanol–water partition coefficient (Wildman–Crippen LogP) is 7.02. The molecule has 9 rings (SSSR count). The third-order valence-electron chi connectivity index (χ3n) is 15.8. The SMILES string of the molecule is CC(=O)OC[C@H]1O[C@@H](Oc2cc3c(c4ccccc24)[C@H](CCl)CN3C(=O)/C=C/c2ccc(/C=C/C(=O)N3C[C@@H](CCl)c4c3cc(O[C@@H]3O[C@H](COC(C)=O)[C@H](OC(C)=O)[C@H](OC(C)=O)[C@H]3OC(C)=O)c3ccccc43)c(OCCN)c2)[C@H](OC(C)=O)[C@@H](OC(C)=O)[C@H]1OC(C)=O. The van der Waals surface area contributed by atoms with Gasteiger partial charge < -0.3 is 77.1 Å². The molecule has 0 radical (unpaired) electrons. The molecule has 2 amide bonds. The number of hydrogen-bond acceptors (Lipinski definition) is 24. The summed E-state index contributed by atoms with van der Waals surface area (Å²) in [6.07, 6.45) is -8.94. The summed E-state index contributed by atoms with van der Waals surface area (Å²) in [5, 5.41) is 2.39. The third kappa shape index (κ3) is 16.5. The van der Waals surface area contributed by atoms with Gasteiger partial charge in [0.25, 0.3) is 11.8 Å². The van der Waals surface area contributed by atoms with Crippen molar-refractivity contribution in [3.63, 3.8) is 0 Å². The number of alkyl halides is 2.